The average Bonchev–Trinajstić information content (AvgIpc) is 3.23. The lowest BCUT2D eigenvalue weighted by Gasteiger charge is -2.07. The Morgan fingerprint density at radius 3 is 2.47 bits per heavy atom. The summed E-state index contributed by atoms with van der Waals surface area (Å²) in [6, 6.07) is 18.2. The Morgan fingerprint density at radius 1 is 1.05 bits per heavy atom. The molecule has 96 valence electrons. The molecule has 0 spiro atoms. The van der Waals surface area contributed by atoms with E-state index in [1.165, 1.54) is 5.56 Å². The maximum Gasteiger partial charge on any atom is 0.228 e. The molecule has 0 aromatic heterocycles. The molecule has 1 fully saturated rings. The van der Waals surface area contributed by atoms with Gasteiger partial charge in [-0.25, -0.2) is 0 Å². The normalized spacial score (nSPS) is 20.9. The van der Waals surface area contributed by atoms with Gasteiger partial charge in [-0.3, -0.25) is 4.79 Å². The van der Waals surface area contributed by atoms with Gasteiger partial charge < -0.3 is 5.32 Å². The van der Waals surface area contributed by atoms with Crippen LogP contribution in [0.25, 0.3) is 0 Å². The first-order chi connectivity index (χ1) is 9.25. The number of para-hydroxylation sites is 1. The maximum absolute atomic E-state index is 12.2. The lowest BCUT2D eigenvalue weighted by atomic mass is 10.1. The van der Waals surface area contributed by atoms with Gasteiger partial charge in [-0.2, -0.15) is 0 Å². The molecule has 0 unspecified atom stereocenters. The second kappa shape index (κ2) is 4.88. The van der Waals surface area contributed by atoms with E-state index < -0.39 is 0 Å². The fourth-order valence-corrected chi connectivity index (χ4v) is 2.49. The molecule has 2 aromatic rings. The zero-order chi connectivity index (χ0) is 13.2. The van der Waals surface area contributed by atoms with Crippen LogP contribution >= 0.6 is 0 Å². The van der Waals surface area contributed by atoms with Gasteiger partial charge in [0.2, 0.25) is 5.91 Å². The van der Waals surface area contributed by atoms with Crippen molar-refractivity contribution in [2.75, 3.05) is 5.32 Å². The molecule has 0 bridgehead atoms. The molecular formula is C17H17NO. The standard InChI is InChI=1S/C17H17NO/c1-12-7-5-6-10-16(12)18-17(19)15-11-14(15)13-8-3-2-4-9-13/h2-10,14-15H,11H2,1H3,(H,18,19)/t14-,15+/m0/s1. The van der Waals surface area contributed by atoms with E-state index in [0.717, 1.165) is 17.7 Å². The molecule has 3 rings (SSSR count). The van der Waals surface area contributed by atoms with Crippen molar-refractivity contribution in [1.82, 2.24) is 0 Å². The van der Waals surface area contributed by atoms with Crippen LogP contribution in [0.3, 0.4) is 0 Å². The molecular weight excluding hydrogens is 234 g/mol. The molecule has 0 heterocycles. The van der Waals surface area contributed by atoms with Crippen molar-refractivity contribution in [2.45, 2.75) is 19.3 Å². The van der Waals surface area contributed by atoms with Crippen molar-refractivity contribution in [1.29, 1.82) is 0 Å². The number of carbonyl (C=O) groups excluding carboxylic acids is 1. The predicted octanol–water partition coefficient (Wildman–Crippen LogP) is 3.74. The van der Waals surface area contributed by atoms with Gasteiger partial charge >= 0.3 is 0 Å². The maximum atomic E-state index is 12.2. The summed E-state index contributed by atoms with van der Waals surface area (Å²) in [5.41, 5.74) is 3.30. The van der Waals surface area contributed by atoms with Gasteiger partial charge in [-0.05, 0) is 36.5 Å². The van der Waals surface area contributed by atoms with E-state index in [4.69, 9.17) is 0 Å². The fourth-order valence-electron chi connectivity index (χ4n) is 2.49. The molecule has 0 saturated heterocycles. The summed E-state index contributed by atoms with van der Waals surface area (Å²) in [5, 5.41) is 3.03. The first kappa shape index (κ1) is 12.0. The van der Waals surface area contributed by atoms with E-state index >= 15 is 0 Å². The van der Waals surface area contributed by atoms with Crippen molar-refractivity contribution in [3.8, 4) is 0 Å². The van der Waals surface area contributed by atoms with Crippen LogP contribution in [0, 0.1) is 12.8 Å². The minimum Gasteiger partial charge on any atom is -0.326 e. The zero-order valence-electron chi connectivity index (χ0n) is 11.0. The molecule has 2 nitrogen and oxygen atoms in total. The highest BCUT2D eigenvalue weighted by Crippen LogP contribution is 2.47. The topological polar surface area (TPSA) is 29.1 Å². The second-order valence-electron chi connectivity index (χ2n) is 5.16. The summed E-state index contributed by atoms with van der Waals surface area (Å²) in [4.78, 5) is 12.2. The van der Waals surface area contributed by atoms with Crippen molar-refractivity contribution in [3.63, 3.8) is 0 Å². The largest absolute Gasteiger partial charge is 0.326 e. The average molecular weight is 251 g/mol. The van der Waals surface area contributed by atoms with Crippen molar-refractivity contribution < 1.29 is 4.79 Å². The lowest BCUT2D eigenvalue weighted by Crippen LogP contribution is -2.15. The first-order valence-electron chi connectivity index (χ1n) is 6.67. The van der Waals surface area contributed by atoms with Gasteiger partial charge in [0.05, 0.1) is 0 Å². The minimum atomic E-state index is 0.127. The van der Waals surface area contributed by atoms with Crippen LogP contribution in [0.2, 0.25) is 0 Å². The number of aryl methyl sites for hydroxylation is 1. The van der Waals surface area contributed by atoms with Crippen molar-refractivity contribution >= 4 is 11.6 Å². The number of amides is 1. The highest BCUT2D eigenvalue weighted by Gasteiger charge is 2.43. The van der Waals surface area contributed by atoms with E-state index in [9.17, 15) is 4.79 Å². The number of nitrogens with one attached hydrogen (secondary N) is 1. The molecule has 0 radical (unpaired) electrons. The van der Waals surface area contributed by atoms with Gasteiger partial charge in [0.25, 0.3) is 0 Å². The van der Waals surface area contributed by atoms with Crippen LogP contribution in [0.15, 0.2) is 54.6 Å². The molecule has 2 atom stereocenters. The lowest BCUT2D eigenvalue weighted by molar-refractivity contribution is -0.117. The molecule has 1 N–H and O–H groups in total. The Labute approximate surface area is 113 Å². The summed E-state index contributed by atoms with van der Waals surface area (Å²) in [7, 11) is 0. The second-order valence-corrected chi connectivity index (χ2v) is 5.16. The molecule has 1 aliphatic rings. The summed E-state index contributed by atoms with van der Waals surface area (Å²) in [6.07, 6.45) is 0.960. The number of hydrogen-bond acceptors (Lipinski definition) is 1. The third-order valence-electron chi connectivity index (χ3n) is 3.76. The number of benzene rings is 2. The van der Waals surface area contributed by atoms with E-state index in [-0.39, 0.29) is 11.8 Å². The Morgan fingerprint density at radius 2 is 1.74 bits per heavy atom. The zero-order valence-corrected chi connectivity index (χ0v) is 11.0. The Hall–Kier alpha value is -2.09. The molecule has 1 aliphatic carbocycles. The summed E-state index contributed by atoms with van der Waals surface area (Å²) in [6.45, 7) is 2.01. The van der Waals surface area contributed by atoms with Crippen molar-refractivity contribution in [3.05, 3.63) is 65.7 Å². The third-order valence-corrected chi connectivity index (χ3v) is 3.76. The highest BCUT2D eigenvalue weighted by molar-refractivity contribution is 5.95. The molecule has 0 aliphatic heterocycles. The van der Waals surface area contributed by atoms with E-state index in [2.05, 4.69) is 17.4 Å². The number of anilines is 1. The molecule has 1 saturated carbocycles. The molecule has 2 heteroatoms. The quantitative estimate of drug-likeness (QED) is 0.884. The third kappa shape index (κ3) is 2.53. The van der Waals surface area contributed by atoms with Crippen LogP contribution in [0.1, 0.15) is 23.5 Å². The van der Waals surface area contributed by atoms with Crippen LogP contribution in [0.5, 0.6) is 0 Å². The smallest absolute Gasteiger partial charge is 0.228 e. The minimum absolute atomic E-state index is 0.127. The van der Waals surface area contributed by atoms with Gasteiger partial charge in [0.1, 0.15) is 0 Å². The van der Waals surface area contributed by atoms with E-state index in [1.54, 1.807) is 0 Å². The Balaban J connectivity index is 1.66. The van der Waals surface area contributed by atoms with Crippen LogP contribution in [0.4, 0.5) is 5.69 Å². The van der Waals surface area contributed by atoms with Crippen LogP contribution in [-0.4, -0.2) is 5.91 Å². The molecule has 1 amide bonds. The van der Waals surface area contributed by atoms with Crippen LogP contribution < -0.4 is 5.32 Å². The molecule has 2 aromatic carbocycles. The van der Waals surface area contributed by atoms with Gasteiger partial charge in [-0.1, -0.05) is 48.5 Å². The SMILES string of the molecule is Cc1ccccc1NC(=O)[C@@H]1C[C@H]1c1ccccc1. The first-order valence-corrected chi connectivity index (χ1v) is 6.67. The number of hydrogen-bond donors (Lipinski definition) is 1. The summed E-state index contributed by atoms with van der Waals surface area (Å²) in [5.74, 6) is 0.662. The predicted molar refractivity (Wildman–Crippen MR) is 77.1 cm³/mol. The number of carbonyl (C=O) groups is 1. The van der Waals surface area contributed by atoms with E-state index in [1.807, 2.05) is 49.4 Å². The van der Waals surface area contributed by atoms with Gasteiger partial charge in [-0.15, -0.1) is 0 Å². The monoisotopic (exact) mass is 251 g/mol. The Kier molecular flexibility index (Phi) is 3.08. The van der Waals surface area contributed by atoms with Crippen molar-refractivity contribution in [2.24, 2.45) is 5.92 Å². The van der Waals surface area contributed by atoms with Gasteiger partial charge in [0.15, 0.2) is 0 Å². The van der Waals surface area contributed by atoms with Crippen LogP contribution in [-0.2, 0) is 4.79 Å². The Bertz CT molecular complexity index is 591. The fraction of sp³-hybridized carbons (Fsp3) is 0.235. The van der Waals surface area contributed by atoms with Gasteiger partial charge in [0, 0.05) is 11.6 Å². The van der Waals surface area contributed by atoms with E-state index in [0.29, 0.717) is 5.92 Å². The summed E-state index contributed by atoms with van der Waals surface area (Å²) < 4.78 is 0. The summed E-state index contributed by atoms with van der Waals surface area (Å²) >= 11 is 0. The number of rotatable bonds is 3. The molecule has 19 heavy (non-hydrogen) atoms. The highest BCUT2D eigenvalue weighted by atomic mass is 16.2.